The SMILES string of the molecule is O=C(Nc1ccc2cc[nH]c2c1)C1CN(C(c2ccccc2)c2ccccc2)C1. The van der Waals surface area contributed by atoms with Crippen molar-refractivity contribution in [2.24, 2.45) is 5.92 Å². The van der Waals surface area contributed by atoms with Crippen LogP contribution in [0.1, 0.15) is 17.2 Å². The molecule has 5 rings (SSSR count). The molecule has 0 aliphatic carbocycles. The summed E-state index contributed by atoms with van der Waals surface area (Å²) in [5, 5.41) is 4.22. The maximum absolute atomic E-state index is 12.8. The van der Waals surface area contributed by atoms with Gasteiger partial charge in [-0.2, -0.15) is 0 Å². The third-order valence-electron chi connectivity index (χ3n) is 5.70. The average molecular weight is 381 g/mol. The van der Waals surface area contributed by atoms with Gasteiger partial charge in [0.1, 0.15) is 0 Å². The highest BCUT2D eigenvalue weighted by atomic mass is 16.2. The van der Waals surface area contributed by atoms with E-state index in [1.165, 1.54) is 11.1 Å². The summed E-state index contributed by atoms with van der Waals surface area (Å²) in [6.45, 7) is 1.51. The molecule has 144 valence electrons. The van der Waals surface area contributed by atoms with E-state index < -0.39 is 0 Å². The lowest BCUT2D eigenvalue weighted by Crippen LogP contribution is -2.53. The van der Waals surface area contributed by atoms with Crippen LogP contribution in [-0.2, 0) is 4.79 Å². The first-order valence-corrected chi connectivity index (χ1v) is 10.00. The Balaban J connectivity index is 1.29. The van der Waals surface area contributed by atoms with Crippen molar-refractivity contribution < 1.29 is 4.79 Å². The van der Waals surface area contributed by atoms with Crippen molar-refractivity contribution in [2.75, 3.05) is 18.4 Å². The van der Waals surface area contributed by atoms with Gasteiger partial charge in [-0.3, -0.25) is 9.69 Å². The number of fused-ring (bicyclic) bond motifs is 1. The predicted molar refractivity (Wildman–Crippen MR) is 117 cm³/mol. The van der Waals surface area contributed by atoms with Gasteiger partial charge in [0, 0.05) is 30.5 Å². The van der Waals surface area contributed by atoms with Crippen molar-refractivity contribution in [3.05, 3.63) is 102 Å². The zero-order valence-corrected chi connectivity index (χ0v) is 16.1. The Morgan fingerprint density at radius 2 is 1.55 bits per heavy atom. The van der Waals surface area contributed by atoms with E-state index in [1.54, 1.807) is 0 Å². The second-order valence-corrected chi connectivity index (χ2v) is 7.64. The lowest BCUT2D eigenvalue weighted by molar-refractivity contribution is -0.125. The number of aromatic nitrogens is 1. The molecule has 0 unspecified atom stereocenters. The molecule has 0 atom stereocenters. The molecule has 1 amide bonds. The van der Waals surface area contributed by atoms with E-state index in [0.717, 1.165) is 29.7 Å². The first-order valence-electron chi connectivity index (χ1n) is 10.00. The highest BCUT2D eigenvalue weighted by Gasteiger charge is 2.37. The van der Waals surface area contributed by atoms with E-state index >= 15 is 0 Å². The third kappa shape index (κ3) is 3.55. The zero-order valence-electron chi connectivity index (χ0n) is 16.1. The van der Waals surface area contributed by atoms with Crippen molar-refractivity contribution in [3.8, 4) is 0 Å². The molecule has 4 aromatic rings. The Hall–Kier alpha value is -3.37. The van der Waals surface area contributed by atoms with Crippen molar-refractivity contribution in [1.82, 2.24) is 9.88 Å². The van der Waals surface area contributed by atoms with Crippen LogP contribution in [0.3, 0.4) is 0 Å². The molecule has 1 aromatic heterocycles. The molecule has 1 aliphatic heterocycles. The third-order valence-corrected chi connectivity index (χ3v) is 5.70. The molecule has 0 spiro atoms. The monoisotopic (exact) mass is 381 g/mol. The highest BCUT2D eigenvalue weighted by Crippen LogP contribution is 2.34. The van der Waals surface area contributed by atoms with Crippen LogP contribution in [0.2, 0.25) is 0 Å². The number of hydrogen-bond donors (Lipinski definition) is 2. The van der Waals surface area contributed by atoms with E-state index in [0.29, 0.717) is 0 Å². The number of carbonyl (C=O) groups is 1. The van der Waals surface area contributed by atoms with E-state index in [-0.39, 0.29) is 17.9 Å². The fourth-order valence-electron chi connectivity index (χ4n) is 4.14. The average Bonchev–Trinajstić information content (AvgIpc) is 3.19. The standard InChI is InChI=1S/C25H23N3O/c29-25(27-22-12-11-18-13-14-26-23(18)15-22)21-16-28(17-21)24(19-7-3-1-4-8-19)20-9-5-2-6-10-20/h1-15,21,24,26H,16-17H2,(H,27,29). The first-order chi connectivity index (χ1) is 14.3. The Morgan fingerprint density at radius 3 is 2.21 bits per heavy atom. The predicted octanol–water partition coefficient (Wildman–Crippen LogP) is 4.83. The molecule has 0 saturated carbocycles. The summed E-state index contributed by atoms with van der Waals surface area (Å²) < 4.78 is 0. The summed E-state index contributed by atoms with van der Waals surface area (Å²) in [7, 11) is 0. The lowest BCUT2D eigenvalue weighted by Gasteiger charge is -2.44. The van der Waals surface area contributed by atoms with Crippen LogP contribution in [0, 0.1) is 5.92 Å². The van der Waals surface area contributed by atoms with Gasteiger partial charge in [0.05, 0.1) is 12.0 Å². The lowest BCUT2D eigenvalue weighted by atomic mass is 9.90. The van der Waals surface area contributed by atoms with Crippen LogP contribution < -0.4 is 5.32 Å². The summed E-state index contributed by atoms with van der Waals surface area (Å²) in [5.74, 6) is 0.0938. The number of hydrogen-bond acceptors (Lipinski definition) is 2. The van der Waals surface area contributed by atoms with Gasteiger partial charge in [-0.15, -0.1) is 0 Å². The Bertz CT molecular complexity index is 1080. The van der Waals surface area contributed by atoms with Crippen molar-refractivity contribution >= 4 is 22.5 Å². The Morgan fingerprint density at radius 1 is 0.897 bits per heavy atom. The van der Waals surface area contributed by atoms with Crippen LogP contribution in [-0.4, -0.2) is 28.9 Å². The number of amides is 1. The highest BCUT2D eigenvalue weighted by molar-refractivity contribution is 5.95. The normalized spacial score (nSPS) is 14.8. The summed E-state index contributed by atoms with van der Waals surface area (Å²) in [4.78, 5) is 18.3. The molecule has 1 saturated heterocycles. The smallest absolute Gasteiger partial charge is 0.230 e. The number of anilines is 1. The number of benzene rings is 3. The van der Waals surface area contributed by atoms with E-state index in [2.05, 4.69) is 63.7 Å². The Kier molecular flexibility index (Phi) is 4.62. The van der Waals surface area contributed by atoms with Crippen molar-refractivity contribution in [1.29, 1.82) is 0 Å². The van der Waals surface area contributed by atoms with Crippen LogP contribution >= 0.6 is 0 Å². The second kappa shape index (κ2) is 7.57. The first kappa shape index (κ1) is 17.7. The molecule has 29 heavy (non-hydrogen) atoms. The van der Waals surface area contributed by atoms with Gasteiger partial charge in [0.15, 0.2) is 0 Å². The number of carbonyl (C=O) groups excluding carboxylic acids is 1. The maximum atomic E-state index is 12.8. The molecule has 2 N–H and O–H groups in total. The molecule has 0 radical (unpaired) electrons. The second-order valence-electron chi connectivity index (χ2n) is 7.64. The minimum absolute atomic E-state index is 0.00395. The minimum Gasteiger partial charge on any atom is -0.361 e. The molecular formula is C25H23N3O. The molecule has 4 heteroatoms. The molecule has 1 aliphatic rings. The summed E-state index contributed by atoms with van der Waals surface area (Å²) >= 11 is 0. The number of likely N-dealkylation sites (tertiary alicyclic amines) is 1. The van der Waals surface area contributed by atoms with Gasteiger partial charge in [0.2, 0.25) is 5.91 Å². The van der Waals surface area contributed by atoms with E-state index in [9.17, 15) is 4.79 Å². The quantitative estimate of drug-likeness (QED) is 0.520. The van der Waals surface area contributed by atoms with Crippen LogP contribution in [0.4, 0.5) is 5.69 Å². The van der Waals surface area contributed by atoms with Crippen LogP contribution in [0.15, 0.2) is 91.1 Å². The van der Waals surface area contributed by atoms with Gasteiger partial charge >= 0.3 is 0 Å². The van der Waals surface area contributed by atoms with Gasteiger partial charge < -0.3 is 10.3 Å². The number of rotatable bonds is 5. The van der Waals surface area contributed by atoms with Gasteiger partial charge in [-0.05, 0) is 34.7 Å². The van der Waals surface area contributed by atoms with Gasteiger partial charge in [-0.1, -0.05) is 66.7 Å². The van der Waals surface area contributed by atoms with Crippen LogP contribution in [0.5, 0.6) is 0 Å². The fourth-order valence-corrected chi connectivity index (χ4v) is 4.14. The minimum atomic E-state index is 0.00395. The molecular weight excluding hydrogens is 358 g/mol. The molecule has 3 aromatic carbocycles. The summed E-state index contributed by atoms with van der Waals surface area (Å²) in [6, 6.07) is 29.2. The summed E-state index contributed by atoms with van der Waals surface area (Å²) in [5.41, 5.74) is 4.39. The van der Waals surface area contributed by atoms with Gasteiger partial charge in [0.25, 0.3) is 0 Å². The topological polar surface area (TPSA) is 48.1 Å². The Labute approximate surface area is 170 Å². The zero-order chi connectivity index (χ0) is 19.6. The number of nitrogens with zero attached hydrogens (tertiary/aromatic N) is 1. The maximum Gasteiger partial charge on any atom is 0.230 e. The fraction of sp³-hybridized carbons (Fsp3) is 0.160. The van der Waals surface area contributed by atoms with Crippen molar-refractivity contribution in [2.45, 2.75) is 6.04 Å². The number of aromatic amines is 1. The summed E-state index contributed by atoms with van der Waals surface area (Å²) in [6.07, 6.45) is 1.91. The van der Waals surface area contributed by atoms with Crippen LogP contribution in [0.25, 0.3) is 10.9 Å². The van der Waals surface area contributed by atoms with E-state index in [4.69, 9.17) is 0 Å². The number of H-pyrrole nitrogens is 1. The molecule has 0 bridgehead atoms. The van der Waals surface area contributed by atoms with Gasteiger partial charge in [-0.25, -0.2) is 0 Å². The molecule has 2 heterocycles. The largest absolute Gasteiger partial charge is 0.361 e. The molecule has 1 fully saturated rings. The van der Waals surface area contributed by atoms with Crippen molar-refractivity contribution in [3.63, 3.8) is 0 Å². The molecule has 4 nitrogen and oxygen atoms in total. The van der Waals surface area contributed by atoms with E-state index in [1.807, 2.05) is 42.6 Å². The number of nitrogens with one attached hydrogen (secondary N) is 2.